The highest BCUT2D eigenvalue weighted by atomic mass is 19.4. The first-order chi connectivity index (χ1) is 9.32. The van der Waals surface area contributed by atoms with Crippen molar-refractivity contribution in [1.82, 2.24) is 9.78 Å². The fourth-order valence-corrected chi connectivity index (χ4v) is 1.95. The van der Waals surface area contributed by atoms with Gasteiger partial charge in [0.2, 0.25) is 0 Å². The summed E-state index contributed by atoms with van der Waals surface area (Å²) in [5, 5.41) is 7.04. The van der Waals surface area contributed by atoms with Crippen LogP contribution in [0.4, 0.5) is 18.9 Å². The minimum Gasteiger partial charge on any atom is -0.263 e. The quantitative estimate of drug-likeness (QED) is 0.800. The molecular formula is C13H12F3N3O. The van der Waals surface area contributed by atoms with Gasteiger partial charge in [-0.15, -0.1) is 4.91 Å². The molecule has 0 unspecified atom stereocenters. The summed E-state index contributed by atoms with van der Waals surface area (Å²) >= 11 is 0. The van der Waals surface area contributed by atoms with Crippen LogP contribution in [-0.2, 0) is 12.7 Å². The maximum atomic E-state index is 12.4. The predicted octanol–water partition coefficient (Wildman–Crippen LogP) is 3.96. The van der Waals surface area contributed by atoms with E-state index in [1.54, 1.807) is 18.5 Å². The minimum atomic E-state index is -4.34. The molecule has 0 saturated heterocycles. The summed E-state index contributed by atoms with van der Waals surface area (Å²) in [6.45, 7) is 3.65. The molecule has 0 aliphatic rings. The Bertz CT molecular complexity index is 630. The number of nitrogens with zero attached hydrogens (tertiary/aromatic N) is 3. The molecule has 0 aliphatic carbocycles. The Morgan fingerprint density at radius 3 is 2.25 bits per heavy atom. The van der Waals surface area contributed by atoms with Gasteiger partial charge in [0.1, 0.15) is 0 Å². The zero-order chi connectivity index (χ0) is 14.9. The third-order valence-electron chi connectivity index (χ3n) is 3.05. The molecule has 0 atom stereocenters. The summed E-state index contributed by atoms with van der Waals surface area (Å²) in [5.41, 5.74) is 1.35. The Hall–Kier alpha value is -2.18. The number of rotatable bonds is 3. The average molecular weight is 283 g/mol. The molecule has 0 aliphatic heterocycles. The van der Waals surface area contributed by atoms with E-state index in [1.165, 1.54) is 12.1 Å². The van der Waals surface area contributed by atoms with Gasteiger partial charge in [-0.1, -0.05) is 12.1 Å². The van der Waals surface area contributed by atoms with Gasteiger partial charge in [0.15, 0.2) is 5.69 Å². The van der Waals surface area contributed by atoms with Crippen LogP contribution >= 0.6 is 0 Å². The predicted molar refractivity (Wildman–Crippen MR) is 67.7 cm³/mol. The summed E-state index contributed by atoms with van der Waals surface area (Å²) < 4.78 is 38.9. The van der Waals surface area contributed by atoms with E-state index in [9.17, 15) is 18.1 Å². The lowest BCUT2D eigenvalue weighted by Gasteiger charge is -2.08. The van der Waals surface area contributed by atoms with E-state index < -0.39 is 11.7 Å². The van der Waals surface area contributed by atoms with Crippen molar-refractivity contribution < 1.29 is 13.2 Å². The van der Waals surface area contributed by atoms with Crippen molar-refractivity contribution in [1.29, 1.82) is 0 Å². The molecule has 0 fully saturated rings. The maximum absolute atomic E-state index is 12.4. The second-order valence-corrected chi connectivity index (χ2v) is 4.46. The first-order valence-electron chi connectivity index (χ1n) is 5.86. The van der Waals surface area contributed by atoms with Crippen LogP contribution in [0.15, 0.2) is 29.4 Å². The van der Waals surface area contributed by atoms with Gasteiger partial charge >= 0.3 is 6.18 Å². The number of halogens is 3. The lowest BCUT2D eigenvalue weighted by Crippen LogP contribution is -2.07. The molecule has 0 spiro atoms. The zero-order valence-electron chi connectivity index (χ0n) is 10.9. The summed E-state index contributed by atoms with van der Waals surface area (Å²) in [7, 11) is 0. The smallest absolute Gasteiger partial charge is 0.263 e. The lowest BCUT2D eigenvalue weighted by molar-refractivity contribution is -0.137. The minimum absolute atomic E-state index is 0.275. The Morgan fingerprint density at radius 1 is 1.20 bits per heavy atom. The van der Waals surface area contributed by atoms with Crippen LogP contribution in [0.2, 0.25) is 0 Å². The van der Waals surface area contributed by atoms with Crippen molar-refractivity contribution in [2.45, 2.75) is 26.6 Å². The van der Waals surface area contributed by atoms with E-state index >= 15 is 0 Å². The van der Waals surface area contributed by atoms with E-state index in [1.807, 2.05) is 0 Å². The summed E-state index contributed by atoms with van der Waals surface area (Å²) in [4.78, 5) is 10.6. The van der Waals surface area contributed by atoms with Gasteiger partial charge in [-0.2, -0.15) is 18.3 Å². The van der Waals surface area contributed by atoms with Crippen LogP contribution in [0.1, 0.15) is 22.5 Å². The van der Waals surface area contributed by atoms with E-state index in [-0.39, 0.29) is 5.69 Å². The van der Waals surface area contributed by atoms with Crippen molar-refractivity contribution >= 4 is 5.69 Å². The average Bonchev–Trinajstić information content (AvgIpc) is 2.63. The third-order valence-corrected chi connectivity index (χ3v) is 3.05. The standard InChI is InChI=1S/C13H12F3N3O/c1-8-12(18-20)9(2)19(17-8)7-10-3-5-11(6-4-10)13(14,15)16/h3-6H,7H2,1-2H3. The molecule has 7 heteroatoms. The van der Waals surface area contributed by atoms with Gasteiger partial charge < -0.3 is 0 Å². The van der Waals surface area contributed by atoms with Gasteiger partial charge in [-0.3, -0.25) is 4.68 Å². The van der Waals surface area contributed by atoms with Gasteiger partial charge in [0.25, 0.3) is 0 Å². The molecule has 2 aromatic rings. The van der Waals surface area contributed by atoms with E-state index in [0.29, 0.717) is 23.5 Å². The van der Waals surface area contributed by atoms with Crippen molar-refractivity contribution in [3.05, 3.63) is 51.7 Å². The van der Waals surface area contributed by atoms with Crippen LogP contribution in [0.3, 0.4) is 0 Å². The highest BCUT2D eigenvalue weighted by molar-refractivity contribution is 5.46. The molecular weight excluding hydrogens is 271 g/mol. The topological polar surface area (TPSA) is 47.2 Å². The molecule has 20 heavy (non-hydrogen) atoms. The number of benzene rings is 1. The normalized spacial score (nSPS) is 11.7. The van der Waals surface area contributed by atoms with Crippen molar-refractivity contribution in [2.75, 3.05) is 0 Å². The lowest BCUT2D eigenvalue weighted by atomic mass is 10.1. The van der Waals surface area contributed by atoms with Gasteiger partial charge in [0, 0.05) is 0 Å². The zero-order valence-corrected chi connectivity index (χ0v) is 10.9. The first-order valence-corrected chi connectivity index (χ1v) is 5.86. The van der Waals surface area contributed by atoms with Gasteiger partial charge in [-0.25, -0.2) is 0 Å². The highest BCUT2D eigenvalue weighted by Crippen LogP contribution is 2.29. The second-order valence-electron chi connectivity index (χ2n) is 4.46. The van der Waals surface area contributed by atoms with E-state index in [0.717, 1.165) is 12.1 Å². The molecule has 1 aromatic heterocycles. The van der Waals surface area contributed by atoms with Crippen LogP contribution in [0.5, 0.6) is 0 Å². The van der Waals surface area contributed by atoms with E-state index in [4.69, 9.17) is 0 Å². The monoisotopic (exact) mass is 283 g/mol. The van der Waals surface area contributed by atoms with Crippen LogP contribution < -0.4 is 0 Å². The molecule has 0 saturated carbocycles. The molecule has 106 valence electrons. The molecule has 0 radical (unpaired) electrons. The largest absolute Gasteiger partial charge is 0.416 e. The van der Waals surface area contributed by atoms with Crippen molar-refractivity contribution in [3.8, 4) is 0 Å². The fraction of sp³-hybridized carbons (Fsp3) is 0.308. The number of alkyl halides is 3. The summed E-state index contributed by atoms with van der Waals surface area (Å²) in [5.74, 6) is 0. The van der Waals surface area contributed by atoms with Crippen LogP contribution in [0.25, 0.3) is 0 Å². The molecule has 1 aromatic carbocycles. The second kappa shape index (κ2) is 5.07. The molecule has 1 heterocycles. The van der Waals surface area contributed by atoms with Crippen molar-refractivity contribution in [2.24, 2.45) is 5.18 Å². The third kappa shape index (κ3) is 2.71. The fourth-order valence-electron chi connectivity index (χ4n) is 1.95. The van der Waals surface area contributed by atoms with Gasteiger partial charge in [0.05, 0.1) is 23.5 Å². The number of aryl methyl sites for hydroxylation is 1. The molecule has 0 amide bonds. The number of aromatic nitrogens is 2. The Labute approximate surface area is 113 Å². The highest BCUT2D eigenvalue weighted by Gasteiger charge is 2.29. The number of hydrogen-bond acceptors (Lipinski definition) is 3. The molecule has 2 rings (SSSR count). The Kier molecular flexibility index (Phi) is 3.61. The Morgan fingerprint density at radius 2 is 1.80 bits per heavy atom. The Balaban J connectivity index is 2.25. The maximum Gasteiger partial charge on any atom is 0.416 e. The summed E-state index contributed by atoms with van der Waals surface area (Å²) in [6, 6.07) is 4.85. The van der Waals surface area contributed by atoms with E-state index in [2.05, 4.69) is 10.3 Å². The van der Waals surface area contributed by atoms with Crippen LogP contribution in [-0.4, -0.2) is 9.78 Å². The van der Waals surface area contributed by atoms with Gasteiger partial charge in [-0.05, 0) is 36.7 Å². The van der Waals surface area contributed by atoms with Crippen molar-refractivity contribution in [3.63, 3.8) is 0 Å². The number of hydrogen-bond donors (Lipinski definition) is 0. The number of nitroso groups, excluding NO2 is 1. The summed E-state index contributed by atoms with van der Waals surface area (Å²) in [6.07, 6.45) is -4.34. The molecule has 0 bridgehead atoms. The SMILES string of the molecule is Cc1nn(Cc2ccc(C(F)(F)F)cc2)c(C)c1N=O. The van der Waals surface area contributed by atoms with Crippen LogP contribution in [0, 0.1) is 18.8 Å². The first kappa shape index (κ1) is 14.2. The molecule has 0 N–H and O–H groups in total. The molecule has 4 nitrogen and oxygen atoms in total.